The van der Waals surface area contributed by atoms with Crippen LogP contribution in [-0.4, -0.2) is 0 Å². The lowest BCUT2D eigenvalue weighted by atomic mass is 9.68. The van der Waals surface area contributed by atoms with Gasteiger partial charge in [-0.05, 0) is 84.1 Å². The lowest BCUT2D eigenvalue weighted by Crippen LogP contribution is -2.38. The predicted molar refractivity (Wildman–Crippen MR) is 176 cm³/mol. The van der Waals surface area contributed by atoms with Crippen molar-refractivity contribution in [3.8, 4) is 5.75 Å². The van der Waals surface area contributed by atoms with Crippen molar-refractivity contribution in [1.82, 2.24) is 0 Å². The fourth-order valence-electron chi connectivity index (χ4n) is 8.63. The average Bonchev–Trinajstić information content (AvgIpc) is 3.39. The van der Waals surface area contributed by atoms with Gasteiger partial charge >= 0.3 is 0 Å². The second-order valence-electron chi connectivity index (χ2n) is 12.3. The van der Waals surface area contributed by atoms with Crippen molar-refractivity contribution < 1.29 is 4.74 Å². The van der Waals surface area contributed by atoms with E-state index in [2.05, 4.69) is 140 Å². The van der Waals surface area contributed by atoms with Crippen molar-refractivity contribution in [3.63, 3.8) is 0 Å². The molecule has 6 aromatic rings. The van der Waals surface area contributed by atoms with E-state index in [-0.39, 0.29) is 17.8 Å². The van der Waals surface area contributed by atoms with E-state index >= 15 is 0 Å². The Morgan fingerprint density at radius 2 is 1.09 bits per heavy atom. The Labute approximate surface area is 250 Å². The van der Waals surface area contributed by atoms with Crippen molar-refractivity contribution in [1.29, 1.82) is 0 Å². The lowest BCUT2D eigenvalue weighted by Gasteiger charge is -2.36. The van der Waals surface area contributed by atoms with Gasteiger partial charge in [0.25, 0.3) is 0 Å². The van der Waals surface area contributed by atoms with E-state index in [1.807, 2.05) is 0 Å². The molecule has 43 heavy (non-hydrogen) atoms. The van der Waals surface area contributed by atoms with Gasteiger partial charge in [-0.25, -0.2) is 0 Å². The van der Waals surface area contributed by atoms with E-state index in [0.29, 0.717) is 0 Å². The quantitative estimate of drug-likeness (QED) is 0.210. The van der Waals surface area contributed by atoms with Gasteiger partial charge in [0.05, 0.1) is 0 Å². The highest BCUT2D eigenvalue weighted by atomic mass is 16.5. The van der Waals surface area contributed by atoms with Gasteiger partial charge in [0.1, 0.15) is 11.5 Å². The average molecular weight is 549 g/mol. The molecule has 3 atom stereocenters. The van der Waals surface area contributed by atoms with Crippen LogP contribution in [-0.2, 0) is 0 Å². The standard InChI is InChI=1S/C42H28O/c1-2-10-27(11-3-1)39-29-16-4-5-17-30(29)40(42-33-20-8-13-25-12-7-19-32(37(25)33)41(39)42)28-22-23-35-34(24-28)31-18-6-14-26-15-9-21-36(43-35)38(26)31/h1-23,34,41-42H,24H2. The van der Waals surface area contributed by atoms with Crippen molar-refractivity contribution >= 4 is 32.7 Å². The van der Waals surface area contributed by atoms with Crippen LogP contribution in [0.1, 0.15) is 46.4 Å². The van der Waals surface area contributed by atoms with E-state index in [1.54, 1.807) is 0 Å². The maximum absolute atomic E-state index is 6.58. The van der Waals surface area contributed by atoms with Gasteiger partial charge in [0, 0.05) is 23.1 Å². The predicted octanol–water partition coefficient (Wildman–Crippen LogP) is 8.63. The summed E-state index contributed by atoms with van der Waals surface area (Å²) >= 11 is 0. The molecule has 1 heterocycles. The van der Waals surface area contributed by atoms with E-state index in [4.69, 9.17) is 4.74 Å². The minimum Gasteiger partial charge on any atom is -0.460 e. The molecule has 1 nitrogen and oxygen atoms in total. The normalized spacial score (nSPS) is 21.1. The zero-order valence-electron chi connectivity index (χ0n) is 23.6. The number of hydrogen-bond donors (Lipinski definition) is 0. The summed E-state index contributed by atoms with van der Waals surface area (Å²) in [4.78, 5) is 0. The first-order chi connectivity index (χ1) is 21.3. The third-order valence-corrected chi connectivity index (χ3v) is 10.3. The largest absolute Gasteiger partial charge is 0.460 e. The molecule has 1 heteroatoms. The molecule has 10 rings (SSSR count). The van der Waals surface area contributed by atoms with Gasteiger partial charge < -0.3 is 4.74 Å². The number of fused-ring (bicyclic) bond motifs is 6. The lowest BCUT2D eigenvalue weighted by molar-refractivity contribution is 0.374. The number of ether oxygens (including phenoxy) is 1. The highest BCUT2D eigenvalue weighted by molar-refractivity contribution is 6.00. The number of allylic oxidation sites excluding steroid dienone is 4. The van der Waals surface area contributed by atoms with E-state index in [9.17, 15) is 0 Å². The molecule has 0 saturated carbocycles. The van der Waals surface area contributed by atoms with Gasteiger partial charge in [-0.2, -0.15) is 0 Å². The molecular weight excluding hydrogens is 520 g/mol. The topological polar surface area (TPSA) is 9.23 Å². The zero-order valence-corrected chi connectivity index (χ0v) is 23.6. The molecule has 0 spiro atoms. The molecule has 0 N–H and O–H groups in total. The van der Waals surface area contributed by atoms with E-state index in [0.717, 1.165) is 17.9 Å². The monoisotopic (exact) mass is 548 g/mol. The molecule has 0 amide bonds. The summed E-state index contributed by atoms with van der Waals surface area (Å²) in [5, 5.41) is 8.01. The van der Waals surface area contributed by atoms with Crippen LogP contribution in [0, 0.1) is 0 Å². The van der Waals surface area contributed by atoms with Crippen LogP contribution in [0.15, 0.2) is 151 Å². The third-order valence-electron chi connectivity index (χ3n) is 10.3. The van der Waals surface area contributed by atoms with E-state index < -0.39 is 0 Å². The second-order valence-corrected chi connectivity index (χ2v) is 12.3. The first-order valence-electron chi connectivity index (χ1n) is 15.4. The second kappa shape index (κ2) is 8.69. The summed E-state index contributed by atoms with van der Waals surface area (Å²) in [7, 11) is 0. The van der Waals surface area contributed by atoms with Crippen LogP contribution >= 0.6 is 0 Å². The molecule has 1 aliphatic heterocycles. The summed E-state index contributed by atoms with van der Waals surface area (Å²) in [6.45, 7) is 0. The summed E-state index contributed by atoms with van der Waals surface area (Å²) in [6, 6.07) is 47.2. The number of hydrogen-bond acceptors (Lipinski definition) is 1. The van der Waals surface area contributed by atoms with Crippen molar-refractivity contribution in [2.45, 2.75) is 24.2 Å². The maximum atomic E-state index is 6.58. The highest BCUT2D eigenvalue weighted by Gasteiger charge is 2.43. The van der Waals surface area contributed by atoms with Crippen LogP contribution in [0.3, 0.4) is 0 Å². The number of benzene rings is 6. The van der Waals surface area contributed by atoms with Gasteiger partial charge in [0.15, 0.2) is 0 Å². The van der Waals surface area contributed by atoms with Crippen LogP contribution < -0.4 is 15.2 Å². The Morgan fingerprint density at radius 3 is 1.84 bits per heavy atom. The molecule has 202 valence electrons. The minimum absolute atomic E-state index is 0.204. The molecule has 4 aliphatic rings. The smallest absolute Gasteiger partial charge is 0.135 e. The molecular formula is C42H28O. The van der Waals surface area contributed by atoms with Crippen molar-refractivity contribution in [2.24, 2.45) is 0 Å². The SMILES string of the molecule is C1=C(C2=c3ccccc3=C(c3ccccc3)C3c4cccc5cccc(c45)C23)CC2C(=C1)Oc1cccc3cccc2c13. The van der Waals surface area contributed by atoms with Crippen molar-refractivity contribution in [3.05, 3.63) is 184 Å². The summed E-state index contributed by atoms with van der Waals surface area (Å²) in [5.74, 6) is 2.75. The Kier molecular flexibility index (Phi) is 4.73. The summed E-state index contributed by atoms with van der Waals surface area (Å²) in [5.41, 5.74) is 9.96. The van der Waals surface area contributed by atoms with Gasteiger partial charge in [0.2, 0.25) is 0 Å². The van der Waals surface area contributed by atoms with Crippen LogP contribution in [0.2, 0.25) is 0 Å². The fraction of sp³-hybridized carbons (Fsp3) is 0.0952. The molecule has 0 aromatic heterocycles. The molecule has 0 saturated heterocycles. The van der Waals surface area contributed by atoms with Crippen LogP contribution in [0.4, 0.5) is 0 Å². The molecule has 0 radical (unpaired) electrons. The minimum atomic E-state index is 0.204. The van der Waals surface area contributed by atoms with Gasteiger partial charge in [-0.3, -0.25) is 0 Å². The molecule has 3 unspecified atom stereocenters. The number of rotatable bonds is 2. The Balaban J connectivity index is 1.27. The summed E-state index contributed by atoms with van der Waals surface area (Å²) in [6.07, 6.45) is 5.54. The van der Waals surface area contributed by atoms with Crippen LogP contribution in [0.25, 0.3) is 32.7 Å². The molecule has 0 fully saturated rings. The van der Waals surface area contributed by atoms with Gasteiger partial charge in [-0.1, -0.05) is 127 Å². The van der Waals surface area contributed by atoms with Gasteiger partial charge in [-0.15, -0.1) is 0 Å². The maximum Gasteiger partial charge on any atom is 0.135 e. The van der Waals surface area contributed by atoms with Crippen LogP contribution in [0.5, 0.6) is 5.75 Å². The third kappa shape index (κ3) is 3.17. The fourth-order valence-corrected chi connectivity index (χ4v) is 8.63. The van der Waals surface area contributed by atoms with E-state index in [1.165, 1.54) is 71.0 Å². The highest BCUT2D eigenvalue weighted by Crippen LogP contribution is 2.58. The Hall–Kier alpha value is -5.14. The Bertz CT molecular complexity index is 2340. The summed E-state index contributed by atoms with van der Waals surface area (Å²) < 4.78 is 6.58. The molecule has 0 bridgehead atoms. The first-order valence-corrected chi connectivity index (χ1v) is 15.4. The molecule has 3 aliphatic carbocycles. The first kappa shape index (κ1) is 23.4. The van der Waals surface area contributed by atoms with Crippen molar-refractivity contribution in [2.75, 3.05) is 0 Å². The zero-order chi connectivity index (χ0) is 28.1. The Morgan fingerprint density at radius 1 is 0.488 bits per heavy atom. The molecule has 6 aromatic carbocycles.